The topological polar surface area (TPSA) is 80.8 Å². The molecule has 0 saturated carbocycles. The minimum atomic E-state index is -0.842. The van der Waals surface area contributed by atoms with Crippen LogP contribution in [0.1, 0.15) is 30.9 Å². The van der Waals surface area contributed by atoms with Crippen LogP contribution in [0.3, 0.4) is 0 Å². The van der Waals surface area contributed by atoms with Gasteiger partial charge in [-0.15, -0.1) is 0 Å². The average Bonchev–Trinajstić information content (AvgIpc) is 2.78. The van der Waals surface area contributed by atoms with Crippen LogP contribution < -0.4 is 5.32 Å². The third-order valence-corrected chi connectivity index (χ3v) is 5.47. The lowest BCUT2D eigenvalue weighted by Gasteiger charge is -2.30. The SMILES string of the molecule is COC(=O)C1=C(C)NC(C)=C(C(=O)OCCN(C)Cc2ccccc2)C1c1ccnc(F)c1. The Bertz CT molecular complexity index is 1080. The van der Waals surface area contributed by atoms with E-state index in [1.54, 1.807) is 19.9 Å². The molecule has 3 rings (SSSR count). The van der Waals surface area contributed by atoms with Crippen molar-refractivity contribution in [2.75, 3.05) is 27.3 Å². The maximum Gasteiger partial charge on any atom is 0.336 e. The highest BCUT2D eigenvalue weighted by atomic mass is 19.1. The van der Waals surface area contributed by atoms with E-state index in [9.17, 15) is 14.0 Å². The molecule has 1 N–H and O–H groups in total. The van der Waals surface area contributed by atoms with Crippen molar-refractivity contribution in [2.24, 2.45) is 0 Å². The van der Waals surface area contributed by atoms with Crippen LogP contribution in [0.5, 0.6) is 0 Å². The van der Waals surface area contributed by atoms with Crippen LogP contribution >= 0.6 is 0 Å². The third-order valence-electron chi connectivity index (χ3n) is 5.47. The van der Waals surface area contributed by atoms with Crippen LogP contribution in [0.25, 0.3) is 0 Å². The maximum atomic E-state index is 13.9. The highest BCUT2D eigenvalue weighted by Gasteiger charge is 2.38. The number of allylic oxidation sites excluding steroid dienone is 2. The van der Waals surface area contributed by atoms with Gasteiger partial charge in [0.15, 0.2) is 0 Å². The molecule has 0 amide bonds. The van der Waals surface area contributed by atoms with Crippen molar-refractivity contribution < 1.29 is 23.5 Å². The molecule has 1 aromatic carbocycles. The normalized spacial score (nSPS) is 16.0. The highest BCUT2D eigenvalue weighted by molar-refractivity contribution is 5.99. The van der Waals surface area contributed by atoms with E-state index in [1.165, 1.54) is 19.4 Å². The number of nitrogens with zero attached hydrogens (tertiary/aromatic N) is 2. The summed E-state index contributed by atoms with van der Waals surface area (Å²) in [7, 11) is 3.20. The minimum Gasteiger partial charge on any atom is -0.466 e. The number of carbonyl (C=O) groups is 2. The molecule has 0 aliphatic carbocycles. The van der Waals surface area contributed by atoms with Gasteiger partial charge in [0.1, 0.15) is 6.61 Å². The van der Waals surface area contributed by atoms with E-state index >= 15 is 0 Å². The first-order chi connectivity index (χ1) is 15.8. The Morgan fingerprint density at radius 2 is 1.76 bits per heavy atom. The number of carbonyl (C=O) groups excluding carboxylic acids is 2. The number of dihydropyridines is 1. The molecule has 1 aromatic heterocycles. The third kappa shape index (κ3) is 5.84. The zero-order valence-electron chi connectivity index (χ0n) is 19.2. The number of esters is 2. The van der Waals surface area contributed by atoms with Crippen LogP contribution in [0.15, 0.2) is 71.2 Å². The van der Waals surface area contributed by atoms with Crippen molar-refractivity contribution in [3.63, 3.8) is 0 Å². The molecule has 33 heavy (non-hydrogen) atoms. The van der Waals surface area contributed by atoms with Gasteiger partial charge in [-0.05, 0) is 44.2 Å². The number of benzene rings is 1. The molecular formula is C25H28FN3O4. The number of methoxy groups -OCH3 is 1. The lowest BCUT2D eigenvalue weighted by Crippen LogP contribution is -2.33. The molecule has 1 unspecified atom stereocenters. The fraction of sp³-hybridized carbons (Fsp3) is 0.320. The van der Waals surface area contributed by atoms with Gasteiger partial charge in [0, 0.05) is 30.7 Å². The molecule has 8 heteroatoms. The first-order valence-corrected chi connectivity index (χ1v) is 10.6. The van der Waals surface area contributed by atoms with Gasteiger partial charge in [-0.2, -0.15) is 4.39 Å². The van der Waals surface area contributed by atoms with Gasteiger partial charge >= 0.3 is 11.9 Å². The number of hydrogen-bond donors (Lipinski definition) is 1. The zero-order chi connectivity index (χ0) is 24.0. The molecule has 0 saturated heterocycles. The van der Waals surface area contributed by atoms with Crippen molar-refractivity contribution in [3.8, 4) is 0 Å². The van der Waals surface area contributed by atoms with Crippen molar-refractivity contribution in [1.82, 2.24) is 15.2 Å². The number of ether oxygens (including phenoxy) is 2. The van der Waals surface area contributed by atoms with Crippen molar-refractivity contribution >= 4 is 11.9 Å². The van der Waals surface area contributed by atoms with Crippen molar-refractivity contribution in [1.29, 1.82) is 0 Å². The smallest absolute Gasteiger partial charge is 0.336 e. The molecule has 0 bridgehead atoms. The van der Waals surface area contributed by atoms with Gasteiger partial charge in [-0.3, -0.25) is 4.90 Å². The maximum absolute atomic E-state index is 13.9. The fourth-order valence-corrected chi connectivity index (χ4v) is 3.92. The number of pyridine rings is 1. The highest BCUT2D eigenvalue weighted by Crippen LogP contribution is 2.39. The van der Waals surface area contributed by atoms with Crippen LogP contribution in [0.2, 0.25) is 0 Å². The summed E-state index contributed by atoms with van der Waals surface area (Å²) in [6, 6.07) is 12.8. The lowest BCUT2D eigenvalue weighted by molar-refractivity contribution is -0.139. The van der Waals surface area contributed by atoms with Crippen LogP contribution in [0, 0.1) is 5.95 Å². The predicted molar refractivity (Wildman–Crippen MR) is 121 cm³/mol. The number of aromatic nitrogens is 1. The standard InChI is InChI=1S/C25H28FN3O4/c1-16-21(24(30)32-4)23(19-10-11-27-20(26)14-19)22(17(2)28-16)25(31)33-13-12-29(3)15-18-8-6-5-7-9-18/h5-11,14,23,28H,12-13,15H2,1-4H3. The first kappa shape index (κ1) is 24.1. The van der Waals surface area contributed by atoms with E-state index < -0.39 is 23.8 Å². The molecule has 0 radical (unpaired) electrons. The molecule has 174 valence electrons. The van der Waals surface area contributed by atoms with Gasteiger partial charge in [0.05, 0.1) is 24.2 Å². The summed E-state index contributed by atoms with van der Waals surface area (Å²) in [4.78, 5) is 31.4. The minimum absolute atomic E-state index is 0.159. The van der Waals surface area contributed by atoms with Gasteiger partial charge in [-0.25, -0.2) is 14.6 Å². The number of nitrogens with one attached hydrogen (secondary N) is 1. The van der Waals surface area contributed by atoms with Gasteiger partial charge < -0.3 is 14.8 Å². The molecule has 0 spiro atoms. The molecule has 1 atom stereocenters. The molecule has 7 nitrogen and oxygen atoms in total. The molecule has 1 aliphatic rings. The molecule has 0 fully saturated rings. The summed E-state index contributed by atoms with van der Waals surface area (Å²) < 4.78 is 24.5. The summed E-state index contributed by atoms with van der Waals surface area (Å²) in [5.74, 6) is -2.74. The molecule has 1 aliphatic heterocycles. The Hall–Kier alpha value is -3.52. The van der Waals surface area contributed by atoms with E-state index in [2.05, 4.69) is 10.3 Å². The number of likely N-dealkylation sites (N-methyl/N-ethyl adjacent to an activating group) is 1. The quantitative estimate of drug-likeness (QED) is 0.485. The number of halogens is 1. The summed E-state index contributed by atoms with van der Waals surface area (Å²) in [5.41, 5.74) is 3.09. The first-order valence-electron chi connectivity index (χ1n) is 10.6. The van der Waals surface area contributed by atoms with E-state index in [1.807, 2.05) is 42.3 Å². The molecular weight excluding hydrogens is 425 g/mol. The Morgan fingerprint density at radius 3 is 2.39 bits per heavy atom. The largest absolute Gasteiger partial charge is 0.466 e. The number of rotatable bonds is 8. The van der Waals surface area contributed by atoms with Crippen molar-refractivity contribution in [2.45, 2.75) is 26.3 Å². The van der Waals surface area contributed by atoms with Gasteiger partial charge in [0.2, 0.25) is 5.95 Å². The lowest BCUT2D eigenvalue weighted by atomic mass is 9.80. The summed E-state index contributed by atoms with van der Waals surface area (Å²) in [6.45, 7) is 4.83. The van der Waals surface area contributed by atoms with E-state index in [0.717, 1.165) is 12.1 Å². The summed E-state index contributed by atoms with van der Waals surface area (Å²) >= 11 is 0. The summed E-state index contributed by atoms with van der Waals surface area (Å²) in [6.07, 6.45) is 1.30. The number of hydrogen-bond acceptors (Lipinski definition) is 7. The molecule has 2 heterocycles. The van der Waals surface area contributed by atoms with Crippen LogP contribution in [0.4, 0.5) is 4.39 Å². The van der Waals surface area contributed by atoms with E-state index in [0.29, 0.717) is 23.5 Å². The second-order valence-electron chi connectivity index (χ2n) is 7.90. The Labute approximate surface area is 192 Å². The second-order valence-corrected chi connectivity index (χ2v) is 7.90. The monoisotopic (exact) mass is 453 g/mol. The predicted octanol–water partition coefficient (Wildman–Crippen LogP) is 3.30. The Morgan fingerprint density at radius 1 is 1.09 bits per heavy atom. The molecule has 2 aromatic rings. The van der Waals surface area contributed by atoms with Gasteiger partial charge in [0.25, 0.3) is 0 Å². The second kappa shape index (κ2) is 10.9. The fourth-order valence-electron chi connectivity index (χ4n) is 3.92. The Balaban J connectivity index is 1.79. The van der Waals surface area contributed by atoms with Crippen molar-refractivity contribution in [3.05, 3.63) is 88.3 Å². The summed E-state index contributed by atoms with van der Waals surface area (Å²) in [5, 5.41) is 3.06. The van der Waals surface area contributed by atoms with E-state index in [-0.39, 0.29) is 17.8 Å². The average molecular weight is 454 g/mol. The zero-order valence-corrected chi connectivity index (χ0v) is 19.2. The van der Waals surface area contributed by atoms with E-state index in [4.69, 9.17) is 9.47 Å². The van der Waals surface area contributed by atoms with Crippen LogP contribution in [-0.2, 0) is 25.6 Å². The Kier molecular flexibility index (Phi) is 7.95. The van der Waals surface area contributed by atoms with Gasteiger partial charge in [-0.1, -0.05) is 30.3 Å². The van der Waals surface area contributed by atoms with Crippen LogP contribution in [-0.4, -0.2) is 49.1 Å².